The van der Waals surface area contributed by atoms with Crippen LogP contribution in [0.1, 0.15) is 55.6 Å². The smallest absolute Gasteiger partial charge is 0.253 e. The predicted octanol–water partition coefficient (Wildman–Crippen LogP) is 4.20. The molecule has 1 aromatic carbocycles. The molecule has 2 rings (SSSR count). The molecule has 24 heavy (non-hydrogen) atoms. The number of nitrogens with one attached hydrogen (secondary N) is 1. The topological polar surface area (TPSA) is 45.2 Å². The number of amides is 1. The summed E-state index contributed by atoms with van der Waals surface area (Å²) in [5.74, 6) is 0.842. The molecule has 0 spiro atoms. The second-order valence-electron chi connectivity index (χ2n) is 6.00. The summed E-state index contributed by atoms with van der Waals surface area (Å²) in [6.45, 7) is 8.28. The lowest BCUT2D eigenvalue weighted by atomic mass is 10.1. The number of hydrogen-bond donors (Lipinski definition) is 1. The summed E-state index contributed by atoms with van der Waals surface area (Å²) >= 11 is 0. The minimum atomic E-state index is -0.0945. The van der Waals surface area contributed by atoms with E-state index in [-0.39, 0.29) is 11.9 Å². The molecule has 4 heteroatoms. The first-order chi connectivity index (χ1) is 11.7. The van der Waals surface area contributed by atoms with E-state index < -0.39 is 0 Å². The lowest BCUT2D eigenvalue weighted by Gasteiger charge is -2.22. The number of aromatic nitrogens is 1. The van der Waals surface area contributed by atoms with Crippen molar-refractivity contribution in [2.75, 3.05) is 18.0 Å². The fourth-order valence-corrected chi connectivity index (χ4v) is 2.69. The highest BCUT2D eigenvalue weighted by atomic mass is 16.1. The highest BCUT2D eigenvalue weighted by Crippen LogP contribution is 2.15. The fourth-order valence-electron chi connectivity index (χ4n) is 2.69. The molecule has 0 aliphatic carbocycles. The Kier molecular flexibility index (Phi) is 6.79. The monoisotopic (exact) mass is 325 g/mol. The summed E-state index contributed by atoms with van der Waals surface area (Å²) in [6, 6.07) is 13.7. The predicted molar refractivity (Wildman–Crippen MR) is 99.4 cm³/mol. The third-order valence-electron chi connectivity index (χ3n) is 3.97. The number of nitrogens with zero attached hydrogens (tertiary/aromatic N) is 2. The Morgan fingerprint density at radius 1 is 1.08 bits per heavy atom. The number of benzene rings is 1. The number of pyridine rings is 1. The second kappa shape index (κ2) is 9.06. The number of anilines is 1. The van der Waals surface area contributed by atoms with Crippen molar-refractivity contribution < 1.29 is 4.79 Å². The van der Waals surface area contributed by atoms with Crippen molar-refractivity contribution in [3.05, 3.63) is 59.8 Å². The third kappa shape index (κ3) is 4.82. The minimum absolute atomic E-state index is 0.0324. The number of rotatable bonds is 8. The molecule has 2 aromatic rings. The van der Waals surface area contributed by atoms with Gasteiger partial charge in [0.15, 0.2) is 0 Å². The van der Waals surface area contributed by atoms with E-state index >= 15 is 0 Å². The number of carbonyl (C=O) groups excluding carboxylic acids is 1. The maximum Gasteiger partial charge on any atom is 0.253 e. The van der Waals surface area contributed by atoms with Crippen LogP contribution in [0, 0.1) is 0 Å². The Balaban J connectivity index is 2.02. The van der Waals surface area contributed by atoms with Crippen molar-refractivity contribution in [1.82, 2.24) is 10.3 Å². The average molecular weight is 325 g/mol. The molecule has 0 saturated heterocycles. The van der Waals surface area contributed by atoms with Gasteiger partial charge in [0.1, 0.15) is 5.82 Å². The van der Waals surface area contributed by atoms with E-state index in [2.05, 4.69) is 29.0 Å². The molecule has 0 bridgehead atoms. The molecular formula is C20H27N3O. The van der Waals surface area contributed by atoms with Gasteiger partial charge in [-0.3, -0.25) is 4.79 Å². The Bertz CT molecular complexity index is 619. The first-order valence-electron chi connectivity index (χ1n) is 8.72. The highest BCUT2D eigenvalue weighted by molar-refractivity contribution is 5.94. The molecule has 0 aliphatic heterocycles. The maximum absolute atomic E-state index is 12.4. The Labute approximate surface area is 144 Å². The zero-order valence-electron chi connectivity index (χ0n) is 14.8. The summed E-state index contributed by atoms with van der Waals surface area (Å²) in [7, 11) is 0. The van der Waals surface area contributed by atoms with E-state index in [1.165, 1.54) is 0 Å². The van der Waals surface area contributed by atoms with E-state index in [1.54, 1.807) is 6.20 Å². The van der Waals surface area contributed by atoms with Gasteiger partial charge in [0.2, 0.25) is 0 Å². The van der Waals surface area contributed by atoms with Gasteiger partial charge < -0.3 is 10.2 Å². The quantitative estimate of drug-likeness (QED) is 0.791. The first kappa shape index (κ1) is 18.0. The van der Waals surface area contributed by atoms with Crippen molar-refractivity contribution in [3.63, 3.8) is 0 Å². The van der Waals surface area contributed by atoms with Gasteiger partial charge in [-0.05, 0) is 37.5 Å². The van der Waals surface area contributed by atoms with Crippen LogP contribution in [-0.2, 0) is 0 Å². The van der Waals surface area contributed by atoms with E-state index in [0.29, 0.717) is 5.56 Å². The van der Waals surface area contributed by atoms with Crippen molar-refractivity contribution >= 4 is 11.7 Å². The molecule has 1 N–H and O–H groups in total. The van der Waals surface area contributed by atoms with Crippen LogP contribution >= 0.6 is 0 Å². The second-order valence-corrected chi connectivity index (χ2v) is 6.00. The van der Waals surface area contributed by atoms with Crippen LogP contribution in [0.15, 0.2) is 48.7 Å². The molecule has 1 heterocycles. The molecule has 0 saturated carbocycles. The molecule has 0 radical (unpaired) electrons. The van der Waals surface area contributed by atoms with Gasteiger partial charge in [-0.2, -0.15) is 0 Å². The number of carbonyl (C=O) groups is 1. The van der Waals surface area contributed by atoms with Crippen LogP contribution in [0.25, 0.3) is 0 Å². The Morgan fingerprint density at radius 2 is 1.75 bits per heavy atom. The summed E-state index contributed by atoms with van der Waals surface area (Å²) in [6.07, 6.45) is 3.83. The lowest BCUT2D eigenvalue weighted by Crippen LogP contribution is -2.28. The molecular weight excluding hydrogens is 298 g/mol. The SMILES string of the molecule is CCCN(CCC)c1ccc(C(=O)NC(C)c2ccccc2)cn1. The van der Waals surface area contributed by atoms with Crippen LogP contribution in [0.2, 0.25) is 0 Å². The Morgan fingerprint density at radius 3 is 2.29 bits per heavy atom. The van der Waals surface area contributed by atoms with Gasteiger partial charge >= 0.3 is 0 Å². The molecule has 1 amide bonds. The molecule has 1 atom stereocenters. The zero-order valence-corrected chi connectivity index (χ0v) is 14.8. The van der Waals surface area contributed by atoms with Crippen molar-refractivity contribution in [2.45, 2.75) is 39.7 Å². The van der Waals surface area contributed by atoms with Gasteiger partial charge in [0.25, 0.3) is 5.91 Å². The molecule has 4 nitrogen and oxygen atoms in total. The third-order valence-corrected chi connectivity index (χ3v) is 3.97. The minimum Gasteiger partial charge on any atom is -0.357 e. The lowest BCUT2D eigenvalue weighted by molar-refractivity contribution is 0.0939. The van der Waals surface area contributed by atoms with Crippen LogP contribution in [-0.4, -0.2) is 24.0 Å². The molecule has 1 unspecified atom stereocenters. The molecule has 1 aromatic heterocycles. The van der Waals surface area contributed by atoms with Crippen LogP contribution in [0.4, 0.5) is 5.82 Å². The molecule has 128 valence electrons. The van der Waals surface area contributed by atoms with Gasteiger partial charge in [-0.1, -0.05) is 44.2 Å². The number of hydrogen-bond acceptors (Lipinski definition) is 3. The Hall–Kier alpha value is -2.36. The summed E-state index contributed by atoms with van der Waals surface area (Å²) < 4.78 is 0. The first-order valence-corrected chi connectivity index (χ1v) is 8.72. The van der Waals surface area contributed by atoms with Gasteiger partial charge in [0, 0.05) is 19.3 Å². The van der Waals surface area contributed by atoms with Crippen molar-refractivity contribution in [1.29, 1.82) is 0 Å². The summed E-state index contributed by atoms with van der Waals surface area (Å²) in [5, 5.41) is 3.02. The fraction of sp³-hybridized carbons (Fsp3) is 0.400. The molecule has 0 aliphatic rings. The van der Waals surface area contributed by atoms with Gasteiger partial charge in [0.05, 0.1) is 11.6 Å². The van der Waals surface area contributed by atoms with E-state index in [1.807, 2.05) is 49.4 Å². The standard InChI is InChI=1S/C20H27N3O/c1-4-13-23(14-5-2)19-12-11-18(15-21-19)20(24)22-16(3)17-9-7-6-8-10-17/h6-12,15-16H,4-5,13-14H2,1-3H3,(H,22,24). The highest BCUT2D eigenvalue weighted by Gasteiger charge is 2.13. The van der Waals surface area contributed by atoms with Crippen molar-refractivity contribution in [2.24, 2.45) is 0 Å². The van der Waals surface area contributed by atoms with Crippen LogP contribution in [0.3, 0.4) is 0 Å². The summed E-state index contributed by atoms with van der Waals surface area (Å²) in [4.78, 5) is 19.1. The van der Waals surface area contributed by atoms with Crippen molar-refractivity contribution in [3.8, 4) is 0 Å². The zero-order chi connectivity index (χ0) is 17.4. The largest absolute Gasteiger partial charge is 0.357 e. The van der Waals surface area contributed by atoms with E-state index in [0.717, 1.165) is 37.3 Å². The molecule has 0 fully saturated rings. The average Bonchev–Trinajstić information content (AvgIpc) is 2.62. The van der Waals surface area contributed by atoms with E-state index in [4.69, 9.17) is 0 Å². The summed E-state index contributed by atoms with van der Waals surface area (Å²) in [5.41, 5.74) is 1.68. The van der Waals surface area contributed by atoms with Gasteiger partial charge in [-0.15, -0.1) is 0 Å². The van der Waals surface area contributed by atoms with E-state index in [9.17, 15) is 4.79 Å². The van der Waals surface area contributed by atoms with Crippen LogP contribution in [0.5, 0.6) is 0 Å². The maximum atomic E-state index is 12.4. The van der Waals surface area contributed by atoms with Crippen LogP contribution < -0.4 is 10.2 Å². The normalized spacial score (nSPS) is 11.8. The van der Waals surface area contributed by atoms with Gasteiger partial charge in [-0.25, -0.2) is 4.98 Å².